The number of hydrogen-bond acceptors (Lipinski definition) is 4. The lowest BCUT2D eigenvalue weighted by atomic mass is 10.0. The maximum absolute atomic E-state index is 11.7. The number of carbonyl (C=O) groups excluding carboxylic acids is 2. The smallest absolute Gasteiger partial charge is 0.410 e. The fourth-order valence-corrected chi connectivity index (χ4v) is 1.59. The zero-order valence-corrected chi connectivity index (χ0v) is 10.0. The van der Waals surface area contributed by atoms with E-state index in [-0.39, 0.29) is 31.3 Å². The quantitative estimate of drug-likeness (QED) is 0.800. The molecule has 6 heteroatoms. The summed E-state index contributed by atoms with van der Waals surface area (Å²) >= 11 is 0. The van der Waals surface area contributed by atoms with Crippen LogP contribution in [0.1, 0.15) is 33.1 Å². The molecule has 1 heterocycles. The molecule has 0 aromatic heterocycles. The summed E-state index contributed by atoms with van der Waals surface area (Å²) in [7, 11) is 0. The lowest BCUT2D eigenvalue weighted by Crippen LogP contribution is -2.51. The Hall–Kier alpha value is -1.59. The van der Waals surface area contributed by atoms with Gasteiger partial charge in [0.2, 0.25) is 0 Å². The predicted molar refractivity (Wildman–Crippen MR) is 58.6 cm³/mol. The van der Waals surface area contributed by atoms with Crippen molar-refractivity contribution >= 4 is 17.8 Å². The maximum atomic E-state index is 11.7. The van der Waals surface area contributed by atoms with Crippen molar-refractivity contribution in [3.05, 3.63) is 0 Å². The van der Waals surface area contributed by atoms with Crippen molar-refractivity contribution in [2.45, 2.75) is 45.3 Å². The maximum Gasteiger partial charge on any atom is 0.410 e. The van der Waals surface area contributed by atoms with Gasteiger partial charge in [-0.25, -0.2) is 9.59 Å². The van der Waals surface area contributed by atoms with Gasteiger partial charge in [-0.15, -0.1) is 0 Å². The molecular formula is C11H17NO5. The van der Waals surface area contributed by atoms with Crippen LogP contribution >= 0.6 is 0 Å². The number of carboxylic acid groups (broad SMARTS) is 1. The molecule has 1 aliphatic heterocycles. The second kappa shape index (κ2) is 5.65. The lowest BCUT2D eigenvalue weighted by Gasteiger charge is -2.32. The van der Waals surface area contributed by atoms with Gasteiger partial charge in [-0.05, 0) is 13.3 Å². The highest BCUT2D eigenvalue weighted by atomic mass is 16.6. The van der Waals surface area contributed by atoms with E-state index in [0.29, 0.717) is 6.42 Å². The predicted octanol–water partition coefficient (Wildman–Crippen LogP) is 1.04. The second-order valence-electron chi connectivity index (χ2n) is 4.14. The Morgan fingerprint density at radius 3 is 2.76 bits per heavy atom. The molecule has 1 rings (SSSR count). The molecule has 0 saturated carbocycles. The number of ether oxygens (including phenoxy) is 1. The standard InChI is InChI=1S/C11H17NO5/c1-3-7(2)17-11(16)12-5-4-8(13)6-9(12)10(14)15/h7,9H,3-6H2,1-2H3,(H,14,15). The highest BCUT2D eigenvalue weighted by Gasteiger charge is 2.36. The molecule has 2 unspecified atom stereocenters. The number of piperidine rings is 1. The van der Waals surface area contributed by atoms with E-state index < -0.39 is 18.1 Å². The van der Waals surface area contributed by atoms with Crippen molar-refractivity contribution in [2.75, 3.05) is 6.54 Å². The number of carbonyl (C=O) groups is 3. The van der Waals surface area contributed by atoms with E-state index in [1.165, 1.54) is 0 Å². The Morgan fingerprint density at radius 1 is 1.59 bits per heavy atom. The van der Waals surface area contributed by atoms with Crippen molar-refractivity contribution in [3.8, 4) is 0 Å². The first kappa shape index (κ1) is 13.5. The number of hydrogen-bond donors (Lipinski definition) is 1. The lowest BCUT2D eigenvalue weighted by molar-refractivity contribution is -0.146. The van der Waals surface area contributed by atoms with E-state index in [4.69, 9.17) is 9.84 Å². The third-order valence-electron chi connectivity index (χ3n) is 2.83. The van der Waals surface area contributed by atoms with Crippen LogP contribution in [0, 0.1) is 0 Å². The molecule has 1 saturated heterocycles. The average molecular weight is 243 g/mol. The van der Waals surface area contributed by atoms with Crippen molar-refractivity contribution in [1.82, 2.24) is 4.90 Å². The molecule has 1 aliphatic rings. The number of nitrogens with zero attached hydrogens (tertiary/aromatic N) is 1. The van der Waals surface area contributed by atoms with Crippen LogP contribution in [-0.2, 0) is 14.3 Å². The number of amides is 1. The molecule has 96 valence electrons. The molecule has 0 spiro atoms. The number of rotatable bonds is 3. The van der Waals surface area contributed by atoms with Gasteiger partial charge in [-0.2, -0.15) is 0 Å². The first-order valence-corrected chi connectivity index (χ1v) is 5.67. The minimum Gasteiger partial charge on any atom is -0.480 e. The number of likely N-dealkylation sites (tertiary alicyclic amines) is 1. The number of Topliss-reactive ketones (excluding diaryl/α,β-unsaturated/α-hetero) is 1. The molecule has 17 heavy (non-hydrogen) atoms. The molecule has 0 bridgehead atoms. The SMILES string of the molecule is CCC(C)OC(=O)N1CCC(=O)CC1C(=O)O. The first-order chi connectivity index (χ1) is 7.95. The summed E-state index contributed by atoms with van der Waals surface area (Å²) in [6.45, 7) is 3.72. The minimum absolute atomic E-state index is 0.116. The Balaban J connectivity index is 2.69. The van der Waals surface area contributed by atoms with Crippen LogP contribution < -0.4 is 0 Å². The van der Waals surface area contributed by atoms with Crippen molar-refractivity contribution < 1.29 is 24.2 Å². The minimum atomic E-state index is -1.17. The molecule has 0 radical (unpaired) electrons. The van der Waals surface area contributed by atoms with Crippen LogP contribution in [-0.4, -0.2) is 46.5 Å². The summed E-state index contributed by atoms with van der Waals surface area (Å²) in [5, 5.41) is 8.96. The molecule has 1 fully saturated rings. The van der Waals surface area contributed by atoms with E-state index in [1.54, 1.807) is 6.92 Å². The highest BCUT2D eigenvalue weighted by molar-refractivity contribution is 5.90. The van der Waals surface area contributed by atoms with Gasteiger partial charge in [0, 0.05) is 19.4 Å². The number of ketones is 1. The summed E-state index contributed by atoms with van der Waals surface area (Å²) in [6, 6.07) is -1.09. The van der Waals surface area contributed by atoms with Crippen molar-refractivity contribution in [2.24, 2.45) is 0 Å². The Labute approximate surface area is 99.5 Å². The monoisotopic (exact) mass is 243 g/mol. The number of aliphatic carboxylic acids is 1. The summed E-state index contributed by atoms with van der Waals surface area (Å²) in [6.07, 6.45) is -0.186. The molecule has 0 aromatic rings. The van der Waals surface area contributed by atoms with Gasteiger partial charge in [0.05, 0.1) is 0 Å². The van der Waals surface area contributed by atoms with E-state index >= 15 is 0 Å². The summed E-state index contributed by atoms with van der Waals surface area (Å²) in [5.41, 5.74) is 0. The van der Waals surface area contributed by atoms with E-state index in [0.717, 1.165) is 4.90 Å². The Kier molecular flexibility index (Phi) is 4.48. The fourth-order valence-electron chi connectivity index (χ4n) is 1.59. The van der Waals surface area contributed by atoms with Crippen LogP contribution in [0.5, 0.6) is 0 Å². The Bertz CT molecular complexity index is 328. The van der Waals surface area contributed by atoms with Gasteiger partial charge in [-0.3, -0.25) is 9.69 Å². The fraction of sp³-hybridized carbons (Fsp3) is 0.727. The topological polar surface area (TPSA) is 83.9 Å². The van der Waals surface area contributed by atoms with Crippen LogP contribution in [0.15, 0.2) is 0 Å². The van der Waals surface area contributed by atoms with E-state index in [1.807, 2.05) is 6.92 Å². The molecule has 1 N–H and O–H groups in total. The van der Waals surface area contributed by atoms with Gasteiger partial charge in [0.15, 0.2) is 0 Å². The van der Waals surface area contributed by atoms with Crippen LogP contribution in [0.2, 0.25) is 0 Å². The van der Waals surface area contributed by atoms with Crippen LogP contribution in [0.3, 0.4) is 0 Å². The van der Waals surface area contributed by atoms with Gasteiger partial charge in [0.1, 0.15) is 17.9 Å². The summed E-state index contributed by atoms with van der Waals surface area (Å²) in [5.74, 6) is -1.30. The van der Waals surface area contributed by atoms with Gasteiger partial charge < -0.3 is 9.84 Å². The molecule has 0 aliphatic carbocycles. The highest BCUT2D eigenvalue weighted by Crippen LogP contribution is 2.16. The largest absolute Gasteiger partial charge is 0.480 e. The Morgan fingerprint density at radius 2 is 2.24 bits per heavy atom. The molecule has 1 amide bonds. The average Bonchev–Trinajstić information content (AvgIpc) is 2.28. The van der Waals surface area contributed by atoms with Gasteiger partial charge in [-0.1, -0.05) is 6.92 Å². The van der Waals surface area contributed by atoms with Gasteiger partial charge >= 0.3 is 12.1 Å². The third-order valence-corrected chi connectivity index (χ3v) is 2.83. The third kappa shape index (κ3) is 3.44. The van der Waals surface area contributed by atoms with E-state index in [9.17, 15) is 14.4 Å². The molecule has 0 aromatic carbocycles. The van der Waals surface area contributed by atoms with E-state index in [2.05, 4.69) is 0 Å². The zero-order valence-electron chi connectivity index (χ0n) is 10.0. The number of carboxylic acids is 1. The summed E-state index contributed by atoms with van der Waals surface area (Å²) < 4.78 is 5.07. The van der Waals surface area contributed by atoms with Crippen LogP contribution in [0.4, 0.5) is 4.79 Å². The molecule has 2 atom stereocenters. The van der Waals surface area contributed by atoms with Crippen LogP contribution in [0.25, 0.3) is 0 Å². The van der Waals surface area contributed by atoms with Crippen molar-refractivity contribution in [3.63, 3.8) is 0 Å². The first-order valence-electron chi connectivity index (χ1n) is 5.67. The second-order valence-corrected chi connectivity index (χ2v) is 4.14. The molecular weight excluding hydrogens is 226 g/mol. The van der Waals surface area contributed by atoms with Crippen molar-refractivity contribution in [1.29, 1.82) is 0 Å². The molecule has 6 nitrogen and oxygen atoms in total. The normalized spacial score (nSPS) is 22.1. The van der Waals surface area contributed by atoms with Gasteiger partial charge in [0.25, 0.3) is 0 Å². The summed E-state index contributed by atoms with van der Waals surface area (Å²) in [4.78, 5) is 35.0. The zero-order chi connectivity index (χ0) is 13.0.